The molecule has 1 rings (SSSR count). The first kappa shape index (κ1) is 9.28. The molecule has 0 saturated heterocycles. The number of hydrogen-bond donors (Lipinski definition) is 3. The lowest BCUT2D eigenvalue weighted by molar-refractivity contribution is 0.0187. The van der Waals surface area contributed by atoms with Gasteiger partial charge in [-0.15, -0.1) is 0 Å². The topological polar surface area (TPSA) is 79.9 Å². The van der Waals surface area contributed by atoms with E-state index in [9.17, 15) is 0 Å². The van der Waals surface area contributed by atoms with E-state index in [0.29, 0.717) is 18.7 Å². The van der Waals surface area contributed by atoms with Crippen LogP contribution in [0.3, 0.4) is 0 Å². The first-order valence-corrected chi connectivity index (χ1v) is 3.99. The van der Waals surface area contributed by atoms with Crippen LogP contribution in [0.4, 0.5) is 0 Å². The van der Waals surface area contributed by atoms with Gasteiger partial charge in [0.15, 0.2) is 5.84 Å². The number of amidine groups is 1. The van der Waals surface area contributed by atoms with Gasteiger partial charge in [-0.1, -0.05) is 5.16 Å². The average molecular weight is 173 g/mol. The lowest BCUT2D eigenvalue weighted by Crippen LogP contribution is -2.47. The van der Waals surface area contributed by atoms with Crippen LogP contribution in [-0.2, 0) is 4.74 Å². The molecule has 1 aliphatic rings. The smallest absolute Gasteiger partial charge is 0.153 e. The number of hydrogen-bond acceptors (Lipinski definition) is 4. The second kappa shape index (κ2) is 4.27. The predicted octanol–water partition coefficient (Wildman–Crippen LogP) is -0.500. The zero-order valence-corrected chi connectivity index (χ0v) is 7.16. The monoisotopic (exact) mass is 173 g/mol. The molecule has 0 aromatic carbocycles. The molecule has 1 aliphatic carbocycles. The SMILES string of the molecule is COC1CC(NCC(N)=NO)C1. The number of rotatable bonds is 4. The summed E-state index contributed by atoms with van der Waals surface area (Å²) in [5.74, 6) is 0.218. The van der Waals surface area contributed by atoms with Crippen molar-refractivity contribution in [3.8, 4) is 0 Å². The summed E-state index contributed by atoms with van der Waals surface area (Å²) in [6.07, 6.45) is 2.40. The maximum absolute atomic E-state index is 8.23. The molecule has 0 amide bonds. The van der Waals surface area contributed by atoms with Crippen molar-refractivity contribution >= 4 is 5.84 Å². The van der Waals surface area contributed by atoms with Crippen LogP contribution in [0.15, 0.2) is 5.16 Å². The lowest BCUT2D eigenvalue weighted by Gasteiger charge is -2.34. The van der Waals surface area contributed by atoms with E-state index in [1.54, 1.807) is 7.11 Å². The van der Waals surface area contributed by atoms with Crippen molar-refractivity contribution in [3.05, 3.63) is 0 Å². The Morgan fingerprint density at radius 1 is 1.75 bits per heavy atom. The predicted molar refractivity (Wildman–Crippen MR) is 45.2 cm³/mol. The lowest BCUT2D eigenvalue weighted by atomic mass is 9.89. The summed E-state index contributed by atoms with van der Waals surface area (Å²) in [5, 5.41) is 14.2. The van der Waals surface area contributed by atoms with E-state index < -0.39 is 0 Å². The van der Waals surface area contributed by atoms with Crippen molar-refractivity contribution in [2.75, 3.05) is 13.7 Å². The van der Waals surface area contributed by atoms with E-state index >= 15 is 0 Å². The van der Waals surface area contributed by atoms with Gasteiger partial charge in [0.2, 0.25) is 0 Å². The fourth-order valence-corrected chi connectivity index (χ4v) is 1.21. The Labute approximate surface area is 71.6 Å². The van der Waals surface area contributed by atoms with E-state index in [1.807, 2.05) is 0 Å². The molecule has 0 aromatic rings. The Balaban J connectivity index is 2.04. The zero-order chi connectivity index (χ0) is 8.97. The molecule has 0 spiro atoms. The van der Waals surface area contributed by atoms with Crippen LogP contribution in [0.25, 0.3) is 0 Å². The Morgan fingerprint density at radius 2 is 2.42 bits per heavy atom. The number of ether oxygens (including phenoxy) is 1. The van der Waals surface area contributed by atoms with Crippen molar-refractivity contribution in [1.29, 1.82) is 0 Å². The highest BCUT2D eigenvalue weighted by molar-refractivity contribution is 5.81. The summed E-state index contributed by atoms with van der Waals surface area (Å²) < 4.78 is 5.10. The fraction of sp³-hybridized carbons (Fsp3) is 0.857. The summed E-state index contributed by atoms with van der Waals surface area (Å²) >= 11 is 0. The first-order valence-electron chi connectivity index (χ1n) is 3.99. The number of oxime groups is 1. The third-order valence-electron chi connectivity index (χ3n) is 2.13. The molecule has 0 radical (unpaired) electrons. The maximum atomic E-state index is 8.23. The van der Waals surface area contributed by atoms with Crippen LogP contribution < -0.4 is 11.1 Å². The van der Waals surface area contributed by atoms with Crippen molar-refractivity contribution in [1.82, 2.24) is 5.32 Å². The summed E-state index contributed by atoms with van der Waals surface area (Å²) in [6.45, 7) is 0.442. The molecule has 1 fully saturated rings. The Morgan fingerprint density at radius 3 is 2.92 bits per heavy atom. The van der Waals surface area contributed by atoms with Gasteiger partial charge in [-0.05, 0) is 12.8 Å². The number of methoxy groups -OCH3 is 1. The summed E-state index contributed by atoms with van der Waals surface area (Å²) in [7, 11) is 1.71. The summed E-state index contributed by atoms with van der Waals surface area (Å²) in [4.78, 5) is 0. The quantitative estimate of drug-likeness (QED) is 0.232. The fourth-order valence-electron chi connectivity index (χ4n) is 1.21. The Hall–Kier alpha value is -0.810. The van der Waals surface area contributed by atoms with Gasteiger partial charge in [-0.25, -0.2) is 0 Å². The third kappa shape index (κ3) is 2.35. The molecule has 0 atom stereocenters. The van der Waals surface area contributed by atoms with E-state index in [2.05, 4.69) is 10.5 Å². The molecule has 0 heterocycles. The van der Waals surface area contributed by atoms with Gasteiger partial charge < -0.3 is 21.0 Å². The standard InChI is InChI=1S/C7H15N3O2/c1-12-6-2-5(3-6)9-4-7(8)10-11/h5-6,9,11H,2-4H2,1H3,(H2,8,10). The molecule has 0 aromatic heterocycles. The van der Waals surface area contributed by atoms with E-state index in [-0.39, 0.29) is 5.84 Å². The van der Waals surface area contributed by atoms with Gasteiger partial charge in [0.05, 0.1) is 12.6 Å². The van der Waals surface area contributed by atoms with E-state index in [4.69, 9.17) is 15.7 Å². The van der Waals surface area contributed by atoms with Crippen LogP contribution in [0, 0.1) is 0 Å². The van der Waals surface area contributed by atoms with Gasteiger partial charge in [-0.2, -0.15) is 0 Å². The average Bonchev–Trinajstić information content (AvgIpc) is 2.01. The second-order valence-corrected chi connectivity index (χ2v) is 3.00. The van der Waals surface area contributed by atoms with Crippen molar-refractivity contribution in [2.45, 2.75) is 25.0 Å². The molecule has 5 heteroatoms. The van der Waals surface area contributed by atoms with Crippen molar-refractivity contribution in [3.63, 3.8) is 0 Å². The number of nitrogens with two attached hydrogens (primary N) is 1. The number of nitrogens with one attached hydrogen (secondary N) is 1. The van der Waals surface area contributed by atoms with Gasteiger partial charge >= 0.3 is 0 Å². The minimum absolute atomic E-state index is 0.218. The van der Waals surface area contributed by atoms with Gasteiger partial charge in [0.25, 0.3) is 0 Å². The minimum atomic E-state index is 0.218. The van der Waals surface area contributed by atoms with Gasteiger partial charge in [-0.3, -0.25) is 0 Å². The third-order valence-corrected chi connectivity index (χ3v) is 2.13. The highest BCUT2D eigenvalue weighted by atomic mass is 16.5. The zero-order valence-electron chi connectivity index (χ0n) is 7.16. The Bertz CT molecular complexity index is 166. The van der Waals surface area contributed by atoms with Crippen LogP contribution in [0.5, 0.6) is 0 Å². The highest BCUT2D eigenvalue weighted by Crippen LogP contribution is 2.21. The van der Waals surface area contributed by atoms with Gasteiger partial charge in [0, 0.05) is 13.2 Å². The van der Waals surface area contributed by atoms with Crippen LogP contribution in [0.1, 0.15) is 12.8 Å². The minimum Gasteiger partial charge on any atom is -0.409 e. The summed E-state index contributed by atoms with van der Waals surface area (Å²) in [5.41, 5.74) is 5.27. The van der Waals surface area contributed by atoms with Crippen LogP contribution in [-0.4, -0.2) is 36.8 Å². The highest BCUT2D eigenvalue weighted by Gasteiger charge is 2.28. The molecule has 70 valence electrons. The molecule has 0 unspecified atom stereocenters. The molecule has 12 heavy (non-hydrogen) atoms. The molecule has 5 nitrogen and oxygen atoms in total. The number of nitrogens with zero attached hydrogens (tertiary/aromatic N) is 1. The van der Waals surface area contributed by atoms with Crippen LogP contribution >= 0.6 is 0 Å². The van der Waals surface area contributed by atoms with E-state index in [0.717, 1.165) is 12.8 Å². The summed E-state index contributed by atoms with van der Waals surface area (Å²) in [6, 6.07) is 0.454. The molecule has 4 N–H and O–H groups in total. The van der Waals surface area contributed by atoms with Crippen LogP contribution in [0.2, 0.25) is 0 Å². The maximum Gasteiger partial charge on any atom is 0.153 e. The molecule has 1 saturated carbocycles. The second-order valence-electron chi connectivity index (χ2n) is 3.00. The van der Waals surface area contributed by atoms with Crippen molar-refractivity contribution < 1.29 is 9.94 Å². The molecule has 0 aliphatic heterocycles. The largest absolute Gasteiger partial charge is 0.409 e. The molecular weight excluding hydrogens is 158 g/mol. The first-order chi connectivity index (χ1) is 5.76. The van der Waals surface area contributed by atoms with E-state index in [1.165, 1.54) is 0 Å². The Kier molecular flexibility index (Phi) is 3.31. The molecular formula is C7H15N3O2. The normalized spacial score (nSPS) is 29.9. The van der Waals surface area contributed by atoms with Crippen molar-refractivity contribution in [2.24, 2.45) is 10.9 Å². The van der Waals surface area contributed by atoms with Gasteiger partial charge in [0.1, 0.15) is 0 Å². The molecule has 0 bridgehead atoms.